The van der Waals surface area contributed by atoms with Crippen LogP contribution in [-0.2, 0) is 9.47 Å². The van der Waals surface area contributed by atoms with Crippen molar-refractivity contribution in [2.24, 2.45) is 0 Å². The average molecular weight is 230 g/mol. The lowest BCUT2D eigenvalue weighted by molar-refractivity contribution is -0.0670. The SMILES string of the molecule is CCOCC(NC)C1CN(C(C)C)CCO1. The maximum atomic E-state index is 5.82. The molecular formula is C12H26N2O2. The van der Waals surface area contributed by atoms with Crippen molar-refractivity contribution in [2.75, 3.05) is 40.0 Å². The van der Waals surface area contributed by atoms with Crippen LogP contribution in [0.3, 0.4) is 0 Å². The van der Waals surface area contributed by atoms with Gasteiger partial charge in [-0.25, -0.2) is 0 Å². The van der Waals surface area contributed by atoms with Gasteiger partial charge in [0.1, 0.15) is 0 Å². The van der Waals surface area contributed by atoms with E-state index in [1.165, 1.54) is 0 Å². The van der Waals surface area contributed by atoms with E-state index in [0.717, 1.165) is 32.9 Å². The summed E-state index contributed by atoms with van der Waals surface area (Å²) in [5.74, 6) is 0. The summed E-state index contributed by atoms with van der Waals surface area (Å²) in [6, 6.07) is 0.887. The molecule has 4 nitrogen and oxygen atoms in total. The van der Waals surface area contributed by atoms with Crippen molar-refractivity contribution in [3.8, 4) is 0 Å². The highest BCUT2D eigenvalue weighted by atomic mass is 16.5. The molecule has 1 aliphatic rings. The first-order valence-corrected chi connectivity index (χ1v) is 6.29. The molecular weight excluding hydrogens is 204 g/mol. The summed E-state index contributed by atoms with van der Waals surface area (Å²) in [7, 11) is 1.97. The molecule has 1 saturated heterocycles. The lowest BCUT2D eigenvalue weighted by atomic mass is 10.1. The summed E-state index contributed by atoms with van der Waals surface area (Å²) < 4.78 is 11.3. The zero-order valence-electron chi connectivity index (χ0n) is 11.0. The fourth-order valence-corrected chi connectivity index (χ4v) is 2.03. The third kappa shape index (κ3) is 4.01. The van der Waals surface area contributed by atoms with Crippen molar-refractivity contribution in [3.63, 3.8) is 0 Å². The molecule has 96 valence electrons. The molecule has 1 aliphatic heterocycles. The zero-order valence-corrected chi connectivity index (χ0v) is 11.0. The molecule has 0 aromatic rings. The fraction of sp³-hybridized carbons (Fsp3) is 1.00. The molecule has 0 saturated carbocycles. The molecule has 2 unspecified atom stereocenters. The minimum atomic E-state index is 0.243. The monoisotopic (exact) mass is 230 g/mol. The molecule has 1 heterocycles. The summed E-state index contributed by atoms with van der Waals surface area (Å²) in [4.78, 5) is 2.46. The predicted octanol–water partition coefficient (Wildman–Crippen LogP) is 0.720. The zero-order chi connectivity index (χ0) is 12.0. The van der Waals surface area contributed by atoms with Gasteiger partial charge in [-0.1, -0.05) is 0 Å². The predicted molar refractivity (Wildman–Crippen MR) is 65.8 cm³/mol. The highest BCUT2D eigenvalue weighted by Crippen LogP contribution is 2.12. The average Bonchev–Trinajstić information content (AvgIpc) is 2.30. The van der Waals surface area contributed by atoms with Gasteiger partial charge in [-0.2, -0.15) is 0 Å². The first-order chi connectivity index (χ1) is 7.69. The standard InChI is InChI=1S/C12H26N2O2/c1-5-15-9-11(13-4)12-8-14(10(2)3)6-7-16-12/h10-13H,5-9H2,1-4H3. The minimum Gasteiger partial charge on any atom is -0.380 e. The molecule has 0 aromatic heterocycles. The van der Waals surface area contributed by atoms with Crippen molar-refractivity contribution < 1.29 is 9.47 Å². The summed E-state index contributed by atoms with van der Waals surface area (Å²) in [6.45, 7) is 10.8. The van der Waals surface area contributed by atoms with Gasteiger partial charge in [-0.05, 0) is 27.8 Å². The summed E-state index contributed by atoms with van der Waals surface area (Å²) >= 11 is 0. The highest BCUT2D eigenvalue weighted by molar-refractivity contribution is 4.83. The van der Waals surface area contributed by atoms with E-state index in [1.807, 2.05) is 14.0 Å². The Morgan fingerprint density at radius 3 is 2.81 bits per heavy atom. The second kappa shape index (κ2) is 7.22. The van der Waals surface area contributed by atoms with Crippen LogP contribution in [0.15, 0.2) is 0 Å². The minimum absolute atomic E-state index is 0.243. The van der Waals surface area contributed by atoms with E-state index in [1.54, 1.807) is 0 Å². The summed E-state index contributed by atoms with van der Waals surface area (Å²) in [5.41, 5.74) is 0. The summed E-state index contributed by atoms with van der Waals surface area (Å²) in [5, 5.41) is 3.29. The van der Waals surface area contributed by atoms with Crippen LogP contribution in [0.25, 0.3) is 0 Å². The van der Waals surface area contributed by atoms with Crippen LogP contribution >= 0.6 is 0 Å². The lowest BCUT2D eigenvalue weighted by Gasteiger charge is -2.38. The van der Waals surface area contributed by atoms with Gasteiger partial charge in [-0.15, -0.1) is 0 Å². The van der Waals surface area contributed by atoms with Crippen molar-refractivity contribution >= 4 is 0 Å². The van der Waals surface area contributed by atoms with Gasteiger partial charge in [0.05, 0.1) is 25.4 Å². The number of nitrogens with one attached hydrogen (secondary N) is 1. The van der Waals surface area contributed by atoms with Crippen LogP contribution < -0.4 is 5.32 Å². The number of hydrogen-bond acceptors (Lipinski definition) is 4. The van der Waals surface area contributed by atoms with E-state index in [0.29, 0.717) is 12.1 Å². The van der Waals surface area contributed by atoms with Crippen molar-refractivity contribution in [1.29, 1.82) is 0 Å². The van der Waals surface area contributed by atoms with Crippen LogP contribution in [0, 0.1) is 0 Å². The van der Waals surface area contributed by atoms with Gasteiger partial charge in [0.15, 0.2) is 0 Å². The van der Waals surface area contributed by atoms with E-state index >= 15 is 0 Å². The second-order valence-corrected chi connectivity index (χ2v) is 4.55. The molecule has 2 atom stereocenters. The van der Waals surface area contributed by atoms with E-state index in [4.69, 9.17) is 9.47 Å². The van der Waals surface area contributed by atoms with Crippen LogP contribution in [-0.4, -0.2) is 63.0 Å². The van der Waals surface area contributed by atoms with Crippen LogP contribution in [0.1, 0.15) is 20.8 Å². The Balaban J connectivity index is 2.43. The van der Waals surface area contributed by atoms with E-state index in [9.17, 15) is 0 Å². The van der Waals surface area contributed by atoms with Crippen LogP contribution in [0.2, 0.25) is 0 Å². The molecule has 0 amide bonds. The van der Waals surface area contributed by atoms with Crippen LogP contribution in [0.4, 0.5) is 0 Å². The van der Waals surface area contributed by atoms with Crippen molar-refractivity contribution in [1.82, 2.24) is 10.2 Å². The molecule has 0 aliphatic carbocycles. The first-order valence-electron chi connectivity index (χ1n) is 6.29. The number of rotatable bonds is 6. The van der Waals surface area contributed by atoms with E-state index < -0.39 is 0 Å². The topological polar surface area (TPSA) is 33.7 Å². The van der Waals surface area contributed by atoms with Crippen molar-refractivity contribution in [2.45, 2.75) is 39.0 Å². The maximum absolute atomic E-state index is 5.82. The molecule has 1 rings (SSSR count). The normalized spacial score (nSPS) is 24.9. The number of hydrogen-bond donors (Lipinski definition) is 1. The quantitative estimate of drug-likeness (QED) is 0.729. The Bertz CT molecular complexity index is 188. The Morgan fingerprint density at radius 1 is 1.50 bits per heavy atom. The molecule has 0 radical (unpaired) electrons. The Hall–Kier alpha value is -0.160. The van der Waals surface area contributed by atoms with Gasteiger partial charge < -0.3 is 14.8 Å². The Kier molecular flexibility index (Phi) is 6.28. The Morgan fingerprint density at radius 2 is 2.25 bits per heavy atom. The fourth-order valence-electron chi connectivity index (χ4n) is 2.03. The third-order valence-electron chi connectivity index (χ3n) is 3.18. The molecule has 1 fully saturated rings. The third-order valence-corrected chi connectivity index (χ3v) is 3.18. The molecule has 0 spiro atoms. The number of morpholine rings is 1. The largest absolute Gasteiger partial charge is 0.380 e. The summed E-state index contributed by atoms with van der Waals surface area (Å²) in [6.07, 6.45) is 0.243. The molecule has 16 heavy (non-hydrogen) atoms. The number of ether oxygens (including phenoxy) is 2. The highest BCUT2D eigenvalue weighted by Gasteiger charge is 2.28. The van der Waals surface area contributed by atoms with Gasteiger partial charge >= 0.3 is 0 Å². The molecule has 4 heteroatoms. The Labute approximate surface area is 99.3 Å². The second-order valence-electron chi connectivity index (χ2n) is 4.55. The maximum Gasteiger partial charge on any atom is 0.0877 e. The number of likely N-dealkylation sites (N-methyl/N-ethyl adjacent to an activating group) is 1. The van der Waals surface area contributed by atoms with Crippen LogP contribution in [0.5, 0.6) is 0 Å². The van der Waals surface area contributed by atoms with E-state index in [-0.39, 0.29) is 6.10 Å². The molecule has 0 aromatic carbocycles. The first kappa shape index (κ1) is 13.9. The van der Waals surface area contributed by atoms with E-state index in [2.05, 4.69) is 24.1 Å². The lowest BCUT2D eigenvalue weighted by Crippen LogP contribution is -2.54. The van der Waals surface area contributed by atoms with Gasteiger partial charge in [-0.3, -0.25) is 4.90 Å². The molecule has 1 N–H and O–H groups in total. The molecule has 0 bridgehead atoms. The van der Waals surface area contributed by atoms with Crippen molar-refractivity contribution in [3.05, 3.63) is 0 Å². The number of nitrogens with zero attached hydrogens (tertiary/aromatic N) is 1. The smallest absolute Gasteiger partial charge is 0.0877 e. The van der Waals surface area contributed by atoms with Gasteiger partial charge in [0.2, 0.25) is 0 Å². The van der Waals surface area contributed by atoms with Gasteiger partial charge in [0.25, 0.3) is 0 Å². The van der Waals surface area contributed by atoms with Gasteiger partial charge in [0, 0.05) is 25.7 Å².